The summed E-state index contributed by atoms with van der Waals surface area (Å²) in [4.78, 5) is 24.2. The molecule has 132 valence electrons. The maximum absolute atomic E-state index is 13.1. The fourth-order valence-corrected chi connectivity index (χ4v) is 4.03. The van der Waals surface area contributed by atoms with Gasteiger partial charge in [0, 0.05) is 10.7 Å². The van der Waals surface area contributed by atoms with E-state index >= 15 is 0 Å². The highest BCUT2D eigenvalue weighted by molar-refractivity contribution is 9.10. The molecule has 0 spiro atoms. The highest BCUT2D eigenvalue weighted by Gasteiger charge is 2.34. The molecule has 27 heavy (non-hydrogen) atoms. The highest BCUT2D eigenvalue weighted by atomic mass is 79.9. The fourth-order valence-electron chi connectivity index (χ4n) is 2.62. The number of amides is 1. The van der Waals surface area contributed by atoms with Crippen molar-refractivity contribution in [3.63, 3.8) is 0 Å². The Morgan fingerprint density at radius 1 is 1.00 bits per heavy atom. The molecule has 1 aromatic heterocycles. The molecule has 1 aliphatic heterocycles. The van der Waals surface area contributed by atoms with Crippen LogP contribution in [-0.2, 0) is 4.79 Å². The summed E-state index contributed by atoms with van der Waals surface area (Å²) in [6.45, 7) is 0. The number of hydrogen-bond donors (Lipinski definition) is 0. The van der Waals surface area contributed by atoms with Gasteiger partial charge in [-0.2, -0.15) is 0 Å². The van der Waals surface area contributed by atoms with E-state index in [1.165, 1.54) is 11.8 Å². The number of halogens is 1. The van der Waals surface area contributed by atoms with Crippen molar-refractivity contribution in [3.8, 4) is 0 Å². The van der Waals surface area contributed by atoms with E-state index in [2.05, 4.69) is 25.9 Å². The van der Waals surface area contributed by atoms with Crippen molar-refractivity contribution in [1.82, 2.24) is 4.98 Å². The molecule has 0 unspecified atom stereocenters. The number of amidine groups is 1. The molecule has 6 heteroatoms. The molecular weight excluding hydrogens is 422 g/mol. The number of pyridine rings is 1. The highest BCUT2D eigenvalue weighted by Crippen LogP contribution is 2.37. The minimum absolute atomic E-state index is 0.0964. The van der Waals surface area contributed by atoms with Crippen molar-refractivity contribution in [1.29, 1.82) is 0 Å². The summed E-state index contributed by atoms with van der Waals surface area (Å²) in [7, 11) is 0. The normalized spacial score (nSPS) is 17.1. The van der Waals surface area contributed by atoms with Crippen molar-refractivity contribution in [2.45, 2.75) is 0 Å². The average Bonchev–Trinajstić information content (AvgIpc) is 2.98. The van der Waals surface area contributed by atoms with Gasteiger partial charge in [-0.3, -0.25) is 9.69 Å². The first-order valence-electron chi connectivity index (χ1n) is 8.25. The number of benzene rings is 2. The maximum atomic E-state index is 13.1. The lowest BCUT2D eigenvalue weighted by Crippen LogP contribution is -2.28. The second-order valence-corrected chi connectivity index (χ2v) is 7.65. The third kappa shape index (κ3) is 4.02. The zero-order valence-electron chi connectivity index (χ0n) is 14.1. The van der Waals surface area contributed by atoms with Gasteiger partial charge in [0.15, 0.2) is 11.0 Å². The van der Waals surface area contributed by atoms with Crippen LogP contribution in [0.3, 0.4) is 0 Å². The van der Waals surface area contributed by atoms with Gasteiger partial charge in [0.2, 0.25) is 0 Å². The number of aromatic nitrogens is 1. The van der Waals surface area contributed by atoms with E-state index in [1.54, 1.807) is 11.1 Å². The van der Waals surface area contributed by atoms with Crippen LogP contribution in [0.4, 0.5) is 11.5 Å². The second-order valence-electron chi connectivity index (χ2n) is 5.72. The minimum Gasteiger partial charge on any atom is -0.268 e. The van der Waals surface area contributed by atoms with Gasteiger partial charge in [-0.05, 0) is 59.8 Å². The van der Waals surface area contributed by atoms with E-state index in [0.717, 1.165) is 15.7 Å². The zero-order valence-corrected chi connectivity index (χ0v) is 16.5. The first-order valence-corrected chi connectivity index (χ1v) is 9.86. The van der Waals surface area contributed by atoms with E-state index in [4.69, 9.17) is 0 Å². The van der Waals surface area contributed by atoms with Gasteiger partial charge in [-0.25, -0.2) is 9.98 Å². The lowest BCUT2D eigenvalue weighted by molar-refractivity contribution is -0.113. The predicted molar refractivity (Wildman–Crippen MR) is 115 cm³/mol. The Morgan fingerprint density at radius 3 is 2.56 bits per heavy atom. The van der Waals surface area contributed by atoms with Gasteiger partial charge in [0.25, 0.3) is 5.91 Å². The molecule has 0 saturated carbocycles. The van der Waals surface area contributed by atoms with Crippen molar-refractivity contribution in [3.05, 3.63) is 93.9 Å². The lowest BCUT2D eigenvalue weighted by atomic mass is 10.2. The average molecular weight is 436 g/mol. The standard InChI is InChI=1S/C21H14BrN3OS/c22-16-8-6-7-15(13-16)14-18-20(26)25(17-9-2-1-3-10-17)21(27-18)24-19-11-4-5-12-23-19/h1-14H/b18-14-,24-21+. The SMILES string of the molecule is O=C1/C(=C/c2cccc(Br)c2)S/C(=N/c2ccccn2)N1c1ccccc1. The molecule has 3 aromatic rings. The molecule has 2 aromatic carbocycles. The number of nitrogens with zero attached hydrogens (tertiary/aromatic N) is 3. The minimum atomic E-state index is -0.0964. The number of carbonyl (C=O) groups excluding carboxylic acids is 1. The first kappa shape index (κ1) is 17.7. The maximum Gasteiger partial charge on any atom is 0.271 e. The Morgan fingerprint density at radius 2 is 1.81 bits per heavy atom. The molecule has 4 nitrogen and oxygen atoms in total. The summed E-state index contributed by atoms with van der Waals surface area (Å²) in [6.07, 6.45) is 3.57. The van der Waals surface area contributed by atoms with Gasteiger partial charge in [-0.15, -0.1) is 0 Å². The smallest absolute Gasteiger partial charge is 0.268 e. The van der Waals surface area contributed by atoms with Crippen LogP contribution in [0, 0.1) is 0 Å². The Balaban J connectivity index is 1.77. The fraction of sp³-hybridized carbons (Fsp3) is 0. The molecule has 1 saturated heterocycles. The summed E-state index contributed by atoms with van der Waals surface area (Å²) >= 11 is 4.82. The van der Waals surface area contributed by atoms with Crippen molar-refractivity contribution in [2.24, 2.45) is 4.99 Å². The molecular formula is C21H14BrN3OS. The molecule has 0 bridgehead atoms. The summed E-state index contributed by atoms with van der Waals surface area (Å²) in [5.41, 5.74) is 1.73. The predicted octanol–water partition coefficient (Wildman–Crippen LogP) is 5.65. The molecule has 0 aliphatic carbocycles. The number of aliphatic imine (C=N–C) groups is 1. The Bertz CT molecular complexity index is 1040. The van der Waals surface area contributed by atoms with Crippen LogP contribution < -0.4 is 4.90 Å². The number of para-hydroxylation sites is 1. The van der Waals surface area contributed by atoms with Crippen LogP contribution in [0.1, 0.15) is 5.56 Å². The van der Waals surface area contributed by atoms with Gasteiger partial charge in [0.05, 0.1) is 10.6 Å². The molecule has 2 heterocycles. The van der Waals surface area contributed by atoms with E-state index in [1.807, 2.05) is 78.9 Å². The summed E-state index contributed by atoms with van der Waals surface area (Å²) in [5, 5.41) is 0.589. The summed E-state index contributed by atoms with van der Waals surface area (Å²) in [5.74, 6) is 0.471. The quantitative estimate of drug-likeness (QED) is 0.499. The number of anilines is 1. The molecule has 0 radical (unpaired) electrons. The monoisotopic (exact) mass is 435 g/mol. The van der Waals surface area contributed by atoms with Gasteiger partial charge < -0.3 is 0 Å². The summed E-state index contributed by atoms with van der Waals surface area (Å²) < 4.78 is 0.967. The molecule has 1 amide bonds. The van der Waals surface area contributed by atoms with Gasteiger partial charge in [-0.1, -0.05) is 52.3 Å². The topological polar surface area (TPSA) is 45.6 Å². The summed E-state index contributed by atoms with van der Waals surface area (Å²) in [6, 6.07) is 22.9. The van der Waals surface area contributed by atoms with Crippen LogP contribution in [0.2, 0.25) is 0 Å². The number of thioether (sulfide) groups is 1. The van der Waals surface area contributed by atoms with E-state index in [-0.39, 0.29) is 5.91 Å². The lowest BCUT2D eigenvalue weighted by Gasteiger charge is -2.15. The van der Waals surface area contributed by atoms with Gasteiger partial charge >= 0.3 is 0 Å². The molecule has 1 fully saturated rings. The van der Waals surface area contributed by atoms with Crippen LogP contribution in [0.5, 0.6) is 0 Å². The van der Waals surface area contributed by atoms with Crippen LogP contribution in [-0.4, -0.2) is 16.1 Å². The Kier molecular flexibility index (Phi) is 5.18. The van der Waals surface area contributed by atoms with Crippen LogP contribution in [0.15, 0.2) is 93.4 Å². The molecule has 4 rings (SSSR count). The van der Waals surface area contributed by atoms with Crippen molar-refractivity contribution < 1.29 is 4.79 Å². The third-order valence-electron chi connectivity index (χ3n) is 3.83. The molecule has 1 aliphatic rings. The number of rotatable bonds is 3. The molecule has 0 atom stereocenters. The van der Waals surface area contributed by atoms with Crippen LogP contribution >= 0.6 is 27.7 Å². The van der Waals surface area contributed by atoms with E-state index in [0.29, 0.717) is 15.9 Å². The Hall–Kier alpha value is -2.70. The molecule has 0 N–H and O–H groups in total. The second kappa shape index (κ2) is 7.90. The largest absolute Gasteiger partial charge is 0.271 e. The number of hydrogen-bond acceptors (Lipinski definition) is 4. The zero-order chi connectivity index (χ0) is 18.6. The van der Waals surface area contributed by atoms with Crippen molar-refractivity contribution in [2.75, 3.05) is 4.90 Å². The van der Waals surface area contributed by atoms with Crippen molar-refractivity contribution >= 4 is 56.3 Å². The van der Waals surface area contributed by atoms with E-state index in [9.17, 15) is 4.79 Å². The third-order valence-corrected chi connectivity index (χ3v) is 5.29. The Labute approximate surface area is 169 Å². The van der Waals surface area contributed by atoms with E-state index < -0.39 is 0 Å². The van der Waals surface area contributed by atoms with Gasteiger partial charge in [0.1, 0.15) is 0 Å². The number of carbonyl (C=O) groups is 1. The van der Waals surface area contributed by atoms with Crippen LogP contribution in [0.25, 0.3) is 6.08 Å². The first-order chi connectivity index (χ1) is 13.2.